The maximum atomic E-state index is 13.9. The Morgan fingerprint density at radius 1 is 1.28 bits per heavy atom. The number of ether oxygens (including phenoxy) is 2. The molecule has 0 aliphatic carbocycles. The summed E-state index contributed by atoms with van der Waals surface area (Å²) in [6, 6.07) is 9.27. The largest absolute Gasteiger partial charge is 0.494 e. The smallest absolute Gasteiger partial charge is 0.191 e. The Morgan fingerprint density at radius 3 is 2.75 bits per heavy atom. The maximum absolute atomic E-state index is 13.9. The van der Waals surface area contributed by atoms with Crippen molar-refractivity contribution in [3.63, 3.8) is 0 Å². The van der Waals surface area contributed by atoms with Gasteiger partial charge in [-0.25, -0.2) is 9.38 Å². The van der Waals surface area contributed by atoms with Gasteiger partial charge in [-0.1, -0.05) is 6.07 Å². The Hall–Kier alpha value is -2.14. The van der Waals surface area contributed by atoms with Gasteiger partial charge < -0.3 is 20.1 Å². The molecule has 1 fully saturated rings. The lowest BCUT2D eigenvalue weighted by Crippen LogP contribution is -2.48. The highest BCUT2D eigenvalue weighted by Crippen LogP contribution is 2.20. The second kappa shape index (κ2) is 14.1. The monoisotopic (exact) mass is 557 g/mol. The molecule has 1 aliphatic heterocycles. The summed E-state index contributed by atoms with van der Waals surface area (Å²) < 4.78 is 24.6. The zero-order valence-electron chi connectivity index (χ0n) is 18.7. The van der Waals surface area contributed by atoms with Crippen LogP contribution in [0.15, 0.2) is 47.7 Å². The first-order valence-corrected chi connectivity index (χ1v) is 10.8. The van der Waals surface area contributed by atoms with Gasteiger partial charge in [0.25, 0.3) is 0 Å². The van der Waals surface area contributed by atoms with Crippen molar-refractivity contribution < 1.29 is 13.9 Å². The number of likely N-dealkylation sites (tertiary alicyclic amines) is 1. The summed E-state index contributed by atoms with van der Waals surface area (Å²) in [5.41, 5.74) is 0.966. The van der Waals surface area contributed by atoms with E-state index in [1.165, 1.54) is 7.11 Å². The van der Waals surface area contributed by atoms with E-state index >= 15 is 0 Å². The van der Waals surface area contributed by atoms with E-state index < -0.39 is 0 Å². The van der Waals surface area contributed by atoms with E-state index in [2.05, 4.69) is 32.4 Å². The number of methoxy groups -OCH3 is 1. The van der Waals surface area contributed by atoms with Gasteiger partial charge in [-0.15, -0.1) is 24.0 Å². The summed E-state index contributed by atoms with van der Waals surface area (Å²) in [7, 11) is 1.48. The lowest BCUT2D eigenvalue weighted by Gasteiger charge is -2.33. The fraction of sp³-hybridized carbons (Fsp3) is 0.478. The molecule has 0 bridgehead atoms. The van der Waals surface area contributed by atoms with Crippen molar-refractivity contribution in [1.82, 2.24) is 20.5 Å². The molecule has 32 heavy (non-hydrogen) atoms. The van der Waals surface area contributed by atoms with Gasteiger partial charge in [0, 0.05) is 38.4 Å². The molecule has 0 radical (unpaired) electrons. The van der Waals surface area contributed by atoms with Gasteiger partial charge in [-0.3, -0.25) is 9.88 Å². The standard InChI is InChI=1S/C23H32FN5O2.HI/c1-3-26-23(27-11-14-31-20-5-4-10-25-16-20)28-19-8-12-29(13-9-19)17-18-6-7-22(30-2)21(24)15-18;/h4-7,10,15-16,19H,3,8-9,11-14,17H2,1-2H3,(H2,26,27,28);1H. The van der Waals surface area contributed by atoms with Gasteiger partial charge >= 0.3 is 0 Å². The van der Waals surface area contributed by atoms with Crippen LogP contribution in [-0.4, -0.2) is 61.8 Å². The van der Waals surface area contributed by atoms with Crippen molar-refractivity contribution in [2.45, 2.75) is 32.4 Å². The third-order valence-electron chi connectivity index (χ3n) is 5.16. The molecule has 0 spiro atoms. The van der Waals surface area contributed by atoms with Crippen molar-refractivity contribution in [2.75, 3.05) is 39.9 Å². The first kappa shape index (κ1) is 26.1. The zero-order chi connectivity index (χ0) is 21.9. The number of hydrogen-bond acceptors (Lipinski definition) is 5. The molecule has 0 amide bonds. The molecule has 0 saturated carbocycles. The van der Waals surface area contributed by atoms with E-state index in [9.17, 15) is 4.39 Å². The van der Waals surface area contributed by atoms with Crippen molar-refractivity contribution in [3.8, 4) is 11.5 Å². The first-order valence-electron chi connectivity index (χ1n) is 10.8. The van der Waals surface area contributed by atoms with Gasteiger partial charge in [-0.05, 0) is 49.6 Å². The zero-order valence-corrected chi connectivity index (χ0v) is 21.1. The van der Waals surface area contributed by atoms with E-state index in [0.29, 0.717) is 19.2 Å². The van der Waals surface area contributed by atoms with Crippen molar-refractivity contribution in [1.29, 1.82) is 0 Å². The van der Waals surface area contributed by atoms with Gasteiger partial charge in [0.05, 0.1) is 19.9 Å². The molecular weight excluding hydrogens is 524 g/mol. The molecule has 0 atom stereocenters. The van der Waals surface area contributed by atoms with Crippen LogP contribution >= 0.6 is 24.0 Å². The minimum atomic E-state index is -0.310. The molecule has 3 rings (SSSR count). The van der Waals surface area contributed by atoms with E-state index in [1.54, 1.807) is 24.5 Å². The predicted molar refractivity (Wildman–Crippen MR) is 136 cm³/mol. The molecule has 1 saturated heterocycles. The van der Waals surface area contributed by atoms with E-state index in [4.69, 9.17) is 9.47 Å². The third kappa shape index (κ3) is 8.42. The molecule has 9 heteroatoms. The predicted octanol–water partition coefficient (Wildman–Crippen LogP) is 3.45. The number of pyridine rings is 1. The van der Waals surface area contributed by atoms with Crippen LogP contribution in [0.4, 0.5) is 4.39 Å². The number of benzene rings is 1. The van der Waals surface area contributed by atoms with Crippen molar-refractivity contribution in [2.24, 2.45) is 4.99 Å². The minimum Gasteiger partial charge on any atom is -0.494 e. The number of aliphatic imine (C=N–C) groups is 1. The fourth-order valence-corrected chi connectivity index (χ4v) is 3.57. The number of aromatic nitrogens is 1. The average Bonchev–Trinajstić information content (AvgIpc) is 2.79. The van der Waals surface area contributed by atoms with Crippen LogP contribution in [0, 0.1) is 5.82 Å². The topological polar surface area (TPSA) is 71.0 Å². The Balaban J connectivity index is 0.00000363. The summed E-state index contributed by atoms with van der Waals surface area (Å²) in [4.78, 5) is 11.0. The molecule has 1 aromatic heterocycles. The number of guanidine groups is 1. The van der Waals surface area contributed by atoms with Gasteiger partial charge in [-0.2, -0.15) is 0 Å². The van der Waals surface area contributed by atoms with E-state index in [1.807, 2.05) is 18.2 Å². The Bertz CT molecular complexity index is 832. The average molecular weight is 557 g/mol. The van der Waals surface area contributed by atoms with Crippen LogP contribution in [0.1, 0.15) is 25.3 Å². The van der Waals surface area contributed by atoms with E-state index in [0.717, 1.165) is 56.3 Å². The molecule has 2 N–H and O–H groups in total. The Labute approximate surface area is 206 Å². The lowest BCUT2D eigenvalue weighted by atomic mass is 10.0. The van der Waals surface area contributed by atoms with Gasteiger partial charge in [0.1, 0.15) is 12.4 Å². The van der Waals surface area contributed by atoms with Crippen LogP contribution in [-0.2, 0) is 6.54 Å². The maximum Gasteiger partial charge on any atom is 0.191 e. The summed E-state index contributed by atoms with van der Waals surface area (Å²) in [5, 5.41) is 6.83. The minimum absolute atomic E-state index is 0. The number of nitrogens with zero attached hydrogens (tertiary/aromatic N) is 3. The molecule has 2 aromatic rings. The Kier molecular flexibility index (Phi) is 11.5. The highest BCUT2D eigenvalue weighted by molar-refractivity contribution is 14.0. The number of rotatable bonds is 9. The summed E-state index contributed by atoms with van der Waals surface area (Å²) >= 11 is 0. The Morgan fingerprint density at radius 2 is 2.09 bits per heavy atom. The molecule has 2 heterocycles. The highest BCUT2D eigenvalue weighted by atomic mass is 127. The molecule has 1 aliphatic rings. The summed E-state index contributed by atoms with van der Waals surface area (Å²) in [5.74, 6) is 1.54. The van der Waals surface area contributed by atoms with Gasteiger partial charge in [0.2, 0.25) is 0 Å². The molecule has 7 nitrogen and oxygen atoms in total. The number of halogens is 2. The van der Waals surface area contributed by atoms with Crippen molar-refractivity contribution in [3.05, 3.63) is 54.1 Å². The SMILES string of the molecule is CCNC(=NCCOc1cccnc1)NC1CCN(Cc2ccc(OC)c(F)c2)CC1.I. The first-order chi connectivity index (χ1) is 15.2. The van der Waals surface area contributed by atoms with Crippen LogP contribution in [0.2, 0.25) is 0 Å². The fourth-order valence-electron chi connectivity index (χ4n) is 3.57. The van der Waals surface area contributed by atoms with E-state index in [-0.39, 0.29) is 35.5 Å². The quantitative estimate of drug-likeness (QED) is 0.213. The molecular formula is C23H33FIN5O2. The van der Waals surface area contributed by atoms with Crippen LogP contribution in [0.25, 0.3) is 0 Å². The third-order valence-corrected chi connectivity index (χ3v) is 5.16. The lowest BCUT2D eigenvalue weighted by molar-refractivity contribution is 0.198. The molecule has 0 unspecified atom stereocenters. The van der Waals surface area contributed by atoms with Crippen LogP contribution < -0.4 is 20.1 Å². The normalized spacial score (nSPS) is 15.0. The van der Waals surface area contributed by atoms with Crippen LogP contribution in [0.5, 0.6) is 11.5 Å². The van der Waals surface area contributed by atoms with Gasteiger partial charge in [0.15, 0.2) is 17.5 Å². The number of hydrogen-bond donors (Lipinski definition) is 2. The molecule has 1 aromatic carbocycles. The second-order valence-corrected chi connectivity index (χ2v) is 7.46. The summed E-state index contributed by atoms with van der Waals surface area (Å²) in [6.45, 7) is 6.57. The summed E-state index contributed by atoms with van der Waals surface area (Å²) in [6.07, 6.45) is 5.44. The van der Waals surface area contributed by atoms with Crippen LogP contribution in [0.3, 0.4) is 0 Å². The van der Waals surface area contributed by atoms with Crippen molar-refractivity contribution >= 4 is 29.9 Å². The second-order valence-electron chi connectivity index (χ2n) is 7.46. The number of nitrogens with one attached hydrogen (secondary N) is 2. The number of piperidine rings is 1. The molecule has 176 valence electrons. The highest BCUT2D eigenvalue weighted by Gasteiger charge is 2.20.